The average Bonchev–Trinajstić information content (AvgIpc) is 3.21. The Balaban J connectivity index is 1.43. The molecular formula is C24H25FN2O4S. The maximum atomic E-state index is 13.1. The van der Waals surface area contributed by atoms with E-state index in [0.717, 1.165) is 11.1 Å². The smallest absolute Gasteiger partial charge is 0.219 e. The standard InChI is InChI=1S/C24H25FN2O4S/c1-27-24(20-9-13-22(14-10-20)30-16-19-5-3-2-4-6-19)23(17-31-27)32(28,29)26-15-18-7-11-21(25)12-8-18/h2-14,23-24,26H,15-17H2,1H3/t23-,24-/m0/s1. The molecule has 2 atom stereocenters. The fourth-order valence-electron chi connectivity index (χ4n) is 3.68. The van der Waals surface area contributed by atoms with Crippen LogP contribution in [-0.4, -0.2) is 32.4 Å². The van der Waals surface area contributed by atoms with Gasteiger partial charge in [-0.05, 0) is 41.0 Å². The first-order valence-corrected chi connectivity index (χ1v) is 11.8. The van der Waals surface area contributed by atoms with E-state index >= 15 is 0 Å². The Hall–Kier alpha value is -2.78. The topological polar surface area (TPSA) is 67.9 Å². The van der Waals surface area contributed by atoms with Gasteiger partial charge in [0.25, 0.3) is 0 Å². The molecule has 0 saturated carbocycles. The van der Waals surface area contributed by atoms with Gasteiger partial charge in [-0.3, -0.25) is 4.84 Å². The summed E-state index contributed by atoms with van der Waals surface area (Å²) in [5.74, 6) is 0.340. The van der Waals surface area contributed by atoms with Crippen molar-refractivity contribution in [3.63, 3.8) is 0 Å². The largest absolute Gasteiger partial charge is 0.489 e. The number of rotatable bonds is 8. The van der Waals surface area contributed by atoms with Gasteiger partial charge in [-0.15, -0.1) is 0 Å². The summed E-state index contributed by atoms with van der Waals surface area (Å²) in [6, 6.07) is 22.5. The van der Waals surface area contributed by atoms with Crippen LogP contribution >= 0.6 is 0 Å². The molecule has 0 aromatic heterocycles. The molecule has 0 unspecified atom stereocenters. The summed E-state index contributed by atoms with van der Waals surface area (Å²) < 4.78 is 47.6. The van der Waals surface area contributed by atoms with Crippen molar-refractivity contribution >= 4 is 10.0 Å². The predicted molar refractivity (Wildman–Crippen MR) is 120 cm³/mol. The summed E-state index contributed by atoms with van der Waals surface area (Å²) in [7, 11) is -1.97. The lowest BCUT2D eigenvalue weighted by molar-refractivity contribution is -0.110. The molecule has 1 saturated heterocycles. The van der Waals surface area contributed by atoms with Gasteiger partial charge < -0.3 is 4.74 Å². The highest BCUT2D eigenvalue weighted by Crippen LogP contribution is 2.34. The Kier molecular flexibility index (Phi) is 6.86. The predicted octanol–water partition coefficient (Wildman–Crippen LogP) is 3.81. The van der Waals surface area contributed by atoms with Gasteiger partial charge >= 0.3 is 0 Å². The minimum absolute atomic E-state index is 0.0478. The molecule has 8 heteroatoms. The lowest BCUT2D eigenvalue weighted by Gasteiger charge is -2.23. The number of nitrogens with zero attached hydrogens (tertiary/aromatic N) is 1. The molecule has 1 fully saturated rings. The highest BCUT2D eigenvalue weighted by atomic mass is 32.2. The molecule has 1 aliphatic heterocycles. The Labute approximate surface area is 187 Å². The van der Waals surface area contributed by atoms with E-state index < -0.39 is 21.3 Å². The van der Waals surface area contributed by atoms with Gasteiger partial charge in [0.1, 0.15) is 23.4 Å². The van der Waals surface area contributed by atoms with Crippen molar-refractivity contribution in [2.24, 2.45) is 0 Å². The second-order valence-electron chi connectivity index (χ2n) is 7.66. The number of benzene rings is 3. The second-order valence-corrected chi connectivity index (χ2v) is 9.65. The minimum atomic E-state index is -3.70. The second kappa shape index (κ2) is 9.79. The molecule has 32 heavy (non-hydrogen) atoms. The first-order valence-electron chi connectivity index (χ1n) is 10.3. The summed E-state index contributed by atoms with van der Waals surface area (Å²) in [5.41, 5.74) is 2.56. The van der Waals surface area contributed by atoms with Crippen LogP contribution in [0.1, 0.15) is 22.7 Å². The molecule has 0 radical (unpaired) electrons. The van der Waals surface area contributed by atoms with E-state index in [1.165, 1.54) is 12.1 Å². The molecule has 0 aliphatic carbocycles. The third-order valence-electron chi connectivity index (χ3n) is 5.45. The van der Waals surface area contributed by atoms with E-state index in [2.05, 4.69) is 4.72 Å². The lowest BCUT2D eigenvalue weighted by atomic mass is 10.0. The summed E-state index contributed by atoms with van der Waals surface area (Å²) in [6.45, 7) is 0.588. The number of hydrogen-bond donors (Lipinski definition) is 1. The molecule has 4 rings (SSSR count). The number of ether oxygens (including phenoxy) is 1. The Morgan fingerprint density at radius 3 is 2.38 bits per heavy atom. The quantitative estimate of drug-likeness (QED) is 0.558. The van der Waals surface area contributed by atoms with Crippen molar-refractivity contribution < 1.29 is 22.4 Å². The van der Waals surface area contributed by atoms with Crippen molar-refractivity contribution in [1.82, 2.24) is 9.79 Å². The molecule has 1 aliphatic rings. The third-order valence-corrected chi connectivity index (χ3v) is 7.18. The van der Waals surface area contributed by atoms with Crippen molar-refractivity contribution in [1.29, 1.82) is 0 Å². The first kappa shape index (κ1) is 22.4. The molecular weight excluding hydrogens is 431 g/mol. The zero-order valence-electron chi connectivity index (χ0n) is 17.6. The zero-order valence-corrected chi connectivity index (χ0v) is 18.5. The van der Waals surface area contributed by atoms with Crippen molar-refractivity contribution in [3.8, 4) is 5.75 Å². The van der Waals surface area contributed by atoms with Crippen LogP contribution in [0.15, 0.2) is 78.9 Å². The summed E-state index contributed by atoms with van der Waals surface area (Å²) in [6.07, 6.45) is 0. The van der Waals surface area contributed by atoms with Crippen LogP contribution < -0.4 is 9.46 Å². The van der Waals surface area contributed by atoms with E-state index in [-0.39, 0.29) is 19.0 Å². The molecule has 3 aromatic rings. The summed E-state index contributed by atoms with van der Waals surface area (Å²) >= 11 is 0. The van der Waals surface area contributed by atoms with E-state index in [4.69, 9.17) is 9.57 Å². The lowest BCUT2D eigenvalue weighted by Crippen LogP contribution is -2.39. The number of hydrogen-bond acceptors (Lipinski definition) is 5. The normalized spacial score (nSPS) is 19.2. The zero-order chi connectivity index (χ0) is 22.6. The van der Waals surface area contributed by atoms with Gasteiger partial charge in [-0.1, -0.05) is 54.6 Å². The molecule has 0 spiro atoms. The van der Waals surface area contributed by atoms with E-state index in [1.54, 1.807) is 24.2 Å². The number of sulfonamides is 1. The van der Waals surface area contributed by atoms with Gasteiger partial charge in [0.05, 0.1) is 12.6 Å². The van der Waals surface area contributed by atoms with Crippen LogP contribution in [0.2, 0.25) is 0 Å². The molecule has 168 valence electrons. The van der Waals surface area contributed by atoms with Crippen LogP contribution in [0.5, 0.6) is 5.75 Å². The van der Waals surface area contributed by atoms with Gasteiger partial charge in [0, 0.05) is 13.6 Å². The fourth-order valence-corrected chi connectivity index (χ4v) is 5.17. The highest BCUT2D eigenvalue weighted by molar-refractivity contribution is 7.90. The van der Waals surface area contributed by atoms with Crippen LogP contribution in [0.25, 0.3) is 0 Å². The monoisotopic (exact) mass is 456 g/mol. The molecule has 1 N–H and O–H groups in total. The Bertz CT molecular complexity index is 1120. The molecule has 6 nitrogen and oxygen atoms in total. The molecule has 0 amide bonds. The highest BCUT2D eigenvalue weighted by Gasteiger charge is 2.43. The number of halogens is 1. The third kappa shape index (κ3) is 5.34. The fraction of sp³-hybridized carbons (Fsp3) is 0.250. The first-order chi connectivity index (χ1) is 15.4. The maximum absolute atomic E-state index is 13.1. The van der Waals surface area contributed by atoms with Gasteiger partial charge in [-0.2, -0.15) is 5.06 Å². The van der Waals surface area contributed by atoms with E-state index in [9.17, 15) is 12.8 Å². The van der Waals surface area contributed by atoms with Gasteiger partial charge in [-0.25, -0.2) is 17.5 Å². The molecule has 1 heterocycles. The van der Waals surface area contributed by atoms with Crippen LogP contribution in [0.4, 0.5) is 4.39 Å². The van der Waals surface area contributed by atoms with Gasteiger partial charge in [0.15, 0.2) is 0 Å². The minimum Gasteiger partial charge on any atom is -0.489 e. The summed E-state index contributed by atoms with van der Waals surface area (Å²) in [5, 5.41) is 0.783. The van der Waals surface area contributed by atoms with Gasteiger partial charge in [0.2, 0.25) is 10.0 Å². The number of hydroxylamine groups is 2. The number of nitrogens with one attached hydrogen (secondary N) is 1. The molecule has 0 bridgehead atoms. The van der Waals surface area contributed by atoms with Crippen LogP contribution in [-0.2, 0) is 28.0 Å². The average molecular weight is 457 g/mol. The van der Waals surface area contributed by atoms with Crippen LogP contribution in [0, 0.1) is 5.82 Å². The van der Waals surface area contributed by atoms with E-state index in [1.807, 2.05) is 54.6 Å². The summed E-state index contributed by atoms with van der Waals surface area (Å²) in [4.78, 5) is 5.56. The van der Waals surface area contributed by atoms with Crippen molar-refractivity contribution in [2.45, 2.75) is 24.4 Å². The van der Waals surface area contributed by atoms with Crippen molar-refractivity contribution in [3.05, 3.63) is 101 Å². The van der Waals surface area contributed by atoms with Crippen molar-refractivity contribution in [2.75, 3.05) is 13.7 Å². The van der Waals surface area contributed by atoms with E-state index in [0.29, 0.717) is 17.9 Å². The Morgan fingerprint density at radius 2 is 1.69 bits per heavy atom. The SMILES string of the molecule is CN1OC[C@H](S(=O)(=O)NCc2ccc(F)cc2)[C@@H]1c1ccc(OCc2ccccc2)cc1. The maximum Gasteiger partial charge on any atom is 0.219 e. The Morgan fingerprint density at radius 1 is 1.00 bits per heavy atom. The molecule has 3 aromatic carbocycles. The van der Waals surface area contributed by atoms with Crippen LogP contribution in [0.3, 0.4) is 0 Å².